The number of sulfonamides is 1. The highest BCUT2D eigenvalue weighted by molar-refractivity contribution is 7.89. The molecule has 1 aromatic carbocycles. The smallest absolute Gasteiger partial charge is 0.251 e. The van der Waals surface area contributed by atoms with Crippen LogP contribution < -0.4 is 10.0 Å². The summed E-state index contributed by atoms with van der Waals surface area (Å²) in [5, 5.41) is 11.2. The molecule has 140 valence electrons. The lowest BCUT2D eigenvalue weighted by Crippen LogP contribution is -2.26. The van der Waals surface area contributed by atoms with Gasteiger partial charge in [-0.2, -0.15) is 0 Å². The Morgan fingerprint density at radius 2 is 2.04 bits per heavy atom. The average Bonchev–Trinajstić information content (AvgIpc) is 2.86. The van der Waals surface area contributed by atoms with Gasteiger partial charge in [-0.1, -0.05) is 12.5 Å². The molecular weight excluding hydrogens is 354 g/mol. The Morgan fingerprint density at radius 1 is 1.23 bits per heavy atom. The highest BCUT2D eigenvalue weighted by Crippen LogP contribution is 2.17. The van der Waals surface area contributed by atoms with Crippen molar-refractivity contribution in [2.45, 2.75) is 50.6 Å². The van der Waals surface area contributed by atoms with E-state index >= 15 is 0 Å². The highest BCUT2D eigenvalue weighted by Gasteiger charge is 2.18. The number of aryl methyl sites for hydroxylation is 2. The monoisotopic (exact) mass is 377 g/mol. The summed E-state index contributed by atoms with van der Waals surface area (Å²) in [6.45, 7) is 2.89. The third-order valence-electron chi connectivity index (χ3n) is 4.63. The molecule has 0 bridgehead atoms. The molecule has 0 radical (unpaired) electrons. The molecule has 8 nitrogen and oxygen atoms in total. The molecule has 2 heterocycles. The lowest BCUT2D eigenvalue weighted by atomic mass is 10.1. The Hall–Kier alpha value is -2.26. The standard InChI is InChI=1S/C17H23N5O3S/c1-12-7-8-13(26(24,25)18-2)10-14(12)17(23)19-11-16-21-20-15-6-4-3-5-9-22(15)16/h7-8,10,18H,3-6,9,11H2,1-2H3,(H,19,23). The van der Waals surface area contributed by atoms with Crippen LogP contribution in [0.5, 0.6) is 0 Å². The first-order chi connectivity index (χ1) is 12.4. The van der Waals surface area contributed by atoms with Crippen LogP contribution in [0.15, 0.2) is 23.1 Å². The molecule has 1 aliphatic heterocycles. The van der Waals surface area contributed by atoms with Crippen LogP contribution in [-0.2, 0) is 29.5 Å². The van der Waals surface area contributed by atoms with Crippen molar-refractivity contribution < 1.29 is 13.2 Å². The number of amides is 1. The maximum atomic E-state index is 12.6. The van der Waals surface area contributed by atoms with E-state index in [2.05, 4.69) is 24.8 Å². The van der Waals surface area contributed by atoms with E-state index in [-0.39, 0.29) is 17.3 Å². The minimum Gasteiger partial charge on any atom is -0.345 e. The van der Waals surface area contributed by atoms with E-state index in [4.69, 9.17) is 0 Å². The van der Waals surface area contributed by atoms with Gasteiger partial charge in [-0.15, -0.1) is 10.2 Å². The van der Waals surface area contributed by atoms with Crippen molar-refractivity contribution in [2.75, 3.05) is 7.05 Å². The molecule has 26 heavy (non-hydrogen) atoms. The quantitative estimate of drug-likeness (QED) is 0.813. The first-order valence-electron chi connectivity index (χ1n) is 8.66. The van der Waals surface area contributed by atoms with Crippen molar-refractivity contribution in [2.24, 2.45) is 0 Å². The highest BCUT2D eigenvalue weighted by atomic mass is 32.2. The summed E-state index contributed by atoms with van der Waals surface area (Å²) in [6, 6.07) is 4.50. The van der Waals surface area contributed by atoms with Gasteiger partial charge in [0, 0.05) is 18.5 Å². The second-order valence-corrected chi connectivity index (χ2v) is 8.25. The van der Waals surface area contributed by atoms with E-state index in [1.165, 1.54) is 25.6 Å². The van der Waals surface area contributed by atoms with Crippen molar-refractivity contribution in [3.63, 3.8) is 0 Å². The zero-order valence-electron chi connectivity index (χ0n) is 14.9. The summed E-state index contributed by atoms with van der Waals surface area (Å²) in [5.74, 6) is 1.36. The van der Waals surface area contributed by atoms with E-state index in [1.54, 1.807) is 13.0 Å². The molecule has 0 saturated heterocycles. The number of aromatic nitrogens is 3. The molecule has 2 aromatic rings. The second-order valence-electron chi connectivity index (χ2n) is 6.36. The number of hydrogen-bond donors (Lipinski definition) is 2. The van der Waals surface area contributed by atoms with Gasteiger partial charge in [0.1, 0.15) is 5.82 Å². The third kappa shape index (κ3) is 3.78. The molecule has 2 N–H and O–H groups in total. The van der Waals surface area contributed by atoms with Crippen LogP contribution in [0.3, 0.4) is 0 Å². The first-order valence-corrected chi connectivity index (χ1v) is 10.1. The van der Waals surface area contributed by atoms with Gasteiger partial charge in [-0.05, 0) is 44.5 Å². The van der Waals surface area contributed by atoms with Gasteiger partial charge < -0.3 is 9.88 Å². The average molecular weight is 377 g/mol. The van der Waals surface area contributed by atoms with Gasteiger partial charge in [-0.25, -0.2) is 13.1 Å². The third-order valence-corrected chi connectivity index (χ3v) is 6.04. The summed E-state index contributed by atoms with van der Waals surface area (Å²) >= 11 is 0. The molecule has 0 saturated carbocycles. The Bertz CT molecular complexity index is 920. The van der Waals surface area contributed by atoms with Crippen molar-refractivity contribution >= 4 is 15.9 Å². The molecule has 0 aliphatic carbocycles. The summed E-state index contributed by atoms with van der Waals surface area (Å²) in [4.78, 5) is 12.6. The lowest BCUT2D eigenvalue weighted by molar-refractivity contribution is 0.0948. The Morgan fingerprint density at radius 3 is 2.81 bits per heavy atom. The molecule has 0 spiro atoms. The molecule has 0 fully saturated rings. The van der Waals surface area contributed by atoms with Crippen LogP contribution in [0.4, 0.5) is 0 Å². The zero-order chi connectivity index (χ0) is 18.7. The fourth-order valence-corrected chi connectivity index (χ4v) is 3.82. The van der Waals surface area contributed by atoms with E-state index < -0.39 is 10.0 Å². The first kappa shape index (κ1) is 18.5. The van der Waals surface area contributed by atoms with Gasteiger partial charge >= 0.3 is 0 Å². The van der Waals surface area contributed by atoms with Crippen molar-refractivity contribution in [3.8, 4) is 0 Å². The number of rotatable bonds is 5. The predicted molar refractivity (Wildman–Crippen MR) is 96.2 cm³/mol. The van der Waals surface area contributed by atoms with Crippen LogP contribution in [0.1, 0.15) is 46.8 Å². The molecule has 1 amide bonds. The largest absolute Gasteiger partial charge is 0.345 e. The molecule has 0 unspecified atom stereocenters. The van der Waals surface area contributed by atoms with E-state index in [0.29, 0.717) is 11.1 Å². The maximum Gasteiger partial charge on any atom is 0.251 e. The van der Waals surface area contributed by atoms with E-state index in [1.807, 2.05) is 0 Å². The van der Waals surface area contributed by atoms with Crippen LogP contribution in [0.2, 0.25) is 0 Å². The Kier molecular flexibility index (Phi) is 5.38. The van der Waals surface area contributed by atoms with Crippen molar-refractivity contribution in [3.05, 3.63) is 41.0 Å². The molecule has 1 aliphatic rings. The van der Waals surface area contributed by atoms with Crippen LogP contribution in [0, 0.1) is 6.92 Å². The number of benzene rings is 1. The summed E-state index contributed by atoms with van der Waals surface area (Å²) in [5.41, 5.74) is 1.04. The summed E-state index contributed by atoms with van der Waals surface area (Å²) < 4.78 is 28.2. The SMILES string of the molecule is CNS(=O)(=O)c1ccc(C)c(C(=O)NCc2nnc3n2CCCCC3)c1. The number of hydrogen-bond acceptors (Lipinski definition) is 5. The zero-order valence-corrected chi connectivity index (χ0v) is 15.8. The molecule has 1 aromatic heterocycles. The fraction of sp³-hybridized carbons (Fsp3) is 0.471. The van der Waals surface area contributed by atoms with Crippen LogP contribution in [-0.4, -0.2) is 36.1 Å². The number of nitrogens with one attached hydrogen (secondary N) is 2. The number of nitrogens with zero attached hydrogens (tertiary/aromatic N) is 3. The summed E-state index contributed by atoms with van der Waals surface area (Å²) in [6.07, 6.45) is 4.26. The summed E-state index contributed by atoms with van der Waals surface area (Å²) in [7, 11) is -2.26. The van der Waals surface area contributed by atoms with Crippen molar-refractivity contribution in [1.82, 2.24) is 24.8 Å². The normalized spacial score (nSPS) is 14.5. The molecule has 3 rings (SSSR count). The minimum atomic E-state index is -3.60. The number of carbonyl (C=O) groups is 1. The van der Waals surface area contributed by atoms with Gasteiger partial charge in [-0.3, -0.25) is 4.79 Å². The van der Waals surface area contributed by atoms with Gasteiger partial charge in [0.05, 0.1) is 11.4 Å². The van der Waals surface area contributed by atoms with Crippen molar-refractivity contribution in [1.29, 1.82) is 0 Å². The number of fused-ring (bicyclic) bond motifs is 1. The topological polar surface area (TPSA) is 106 Å². The van der Waals surface area contributed by atoms with Crippen LogP contribution >= 0.6 is 0 Å². The second kappa shape index (κ2) is 7.55. The number of carbonyl (C=O) groups excluding carboxylic acids is 1. The maximum absolute atomic E-state index is 12.6. The van der Waals surface area contributed by atoms with Gasteiger partial charge in [0.25, 0.3) is 5.91 Å². The molecular formula is C17H23N5O3S. The van der Waals surface area contributed by atoms with E-state index in [0.717, 1.165) is 37.5 Å². The minimum absolute atomic E-state index is 0.0621. The Balaban J connectivity index is 1.77. The fourth-order valence-electron chi connectivity index (χ4n) is 3.06. The van der Waals surface area contributed by atoms with Crippen LogP contribution in [0.25, 0.3) is 0 Å². The van der Waals surface area contributed by atoms with E-state index in [9.17, 15) is 13.2 Å². The van der Waals surface area contributed by atoms with Gasteiger partial charge in [0.15, 0.2) is 5.82 Å². The molecule has 9 heteroatoms. The lowest BCUT2D eigenvalue weighted by Gasteiger charge is -2.11. The molecule has 0 atom stereocenters. The van der Waals surface area contributed by atoms with Gasteiger partial charge in [0.2, 0.25) is 10.0 Å². The predicted octanol–water partition coefficient (Wildman–Crippen LogP) is 1.15. The Labute approximate surface area is 153 Å².